The zero-order valence-corrected chi connectivity index (χ0v) is 11.1. The maximum Gasteiger partial charge on any atom is 0.251 e. The summed E-state index contributed by atoms with van der Waals surface area (Å²) in [6, 6.07) is 1.34. The van der Waals surface area contributed by atoms with Crippen LogP contribution < -0.4 is 4.74 Å². The molecule has 0 saturated carbocycles. The van der Waals surface area contributed by atoms with Crippen LogP contribution in [0.5, 0.6) is 5.88 Å². The molecule has 0 radical (unpaired) electrons. The number of pyridine rings is 1. The first-order valence-electron chi connectivity index (χ1n) is 5.87. The average molecular weight is 255 g/mol. The predicted molar refractivity (Wildman–Crippen MR) is 65.4 cm³/mol. The third kappa shape index (κ3) is 2.67. The molecule has 0 amide bonds. The second kappa shape index (κ2) is 5.91. The Morgan fingerprint density at radius 2 is 2.17 bits per heavy atom. The molecule has 0 spiro atoms. The van der Waals surface area contributed by atoms with Gasteiger partial charge in [0.15, 0.2) is 11.6 Å². The second-order valence-electron chi connectivity index (χ2n) is 4.03. The van der Waals surface area contributed by atoms with Crippen molar-refractivity contribution in [3.63, 3.8) is 0 Å². The topological polar surface area (TPSA) is 48.4 Å². The van der Waals surface area contributed by atoms with Crippen LogP contribution in [0.1, 0.15) is 37.6 Å². The molecule has 1 rings (SSSR count). The Labute approximate surface area is 106 Å². The number of rotatable bonds is 6. The van der Waals surface area contributed by atoms with Crippen LogP contribution in [0, 0.1) is 5.82 Å². The van der Waals surface area contributed by atoms with Crippen LogP contribution in [0.2, 0.25) is 0 Å². The van der Waals surface area contributed by atoms with Gasteiger partial charge in [0.05, 0.1) is 12.2 Å². The number of carbonyl (C=O) groups is 1. The van der Waals surface area contributed by atoms with E-state index in [2.05, 4.69) is 4.98 Å². The van der Waals surface area contributed by atoms with Gasteiger partial charge in [-0.3, -0.25) is 4.79 Å². The van der Waals surface area contributed by atoms with Crippen molar-refractivity contribution in [3.8, 4) is 5.88 Å². The minimum atomic E-state index is -1.04. The predicted octanol–water partition coefficient (Wildman–Crippen LogP) is 2.62. The first kappa shape index (κ1) is 14.6. The average Bonchev–Trinajstić information content (AvgIpc) is 2.39. The molecule has 4 nitrogen and oxygen atoms in total. The molecule has 0 saturated heterocycles. The first-order chi connectivity index (χ1) is 8.50. The van der Waals surface area contributed by atoms with Crippen molar-refractivity contribution < 1.29 is 18.7 Å². The number of nitrogens with zero attached hydrogens (tertiary/aromatic N) is 1. The first-order valence-corrected chi connectivity index (χ1v) is 5.87. The molecule has 1 unspecified atom stereocenters. The molecule has 0 aliphatic heterocycles. The highest BCUT2D eigenvalue weighted by molar-refractivity contribution is 6.02. The molecule has 5 heteroatoms. The van der Waals surface area contributed by atoms with Crippen molar-refractivity contribution >= 4 is 5.78 Å². The van der Waals surface area contributed by atoms with Crippen LogP contribution in [0.4, 0.5) is 4.39 Å². The van der Waals surface area contributed by atoms with Crippen molar-refractivity contribution in [2.24, 2.45) is 0 Å². The highest BCUT2D eigenvalue weighted by atomic mass is 19.1. The highest BCUT2D eigenvalue weighted by Crippen LogP contribution is 2.25. The Balaban J connectivity index is 3.17. The van der Waals surface area contributed by atoms with Gasteiger partial charge in [-0.2, -0.15) is 0 Å². The van der Waals surface area contributed by atoms with E-state index in [4.69, 9.17) is 9.47 Å². The van der Waals surface area contributed by atoms with Crippen LogP contribution in [-0.4, -0.2) is 30.1 Å². The van der Waals surface area contributed by atoms with E-state index in [1.807, 2.05) is 6.92 Å². The van der Waals surface area contributed by atoms with Crippen molar-refractivity contribution in [2.45, 2.75) is 32.8 Å². The minimum absolute atomic E-state index is 0.0559. The van der Waals surface area contributed by atoms with Crippen molar-refractivity contribution in [1.29, 1.82) is 0 Å². The lowest BCUT2D eigenvalue weighted by Crippen LogP contribution is -2.37. The van der Waals surface area contributed by atoms with Gasteiger partial charge < -0.3 is 9.47 Å². The van der Waals surface area contributed by atoms with Gasteiger partial charge >= 0.3 is 0 Å². The van der Waals surface area contributed by atoms with E-state index in [1.54, 1.807) is 13.8 Å². The molecule has 1 aromatic heterocycles. The molecule has 0 fully saturated rings. The van der Waals surface area contributed by atoms with Gasteiger partial charge in [-0.15, -0.1) is 0 Å². The van der Waals surface area contributed by atoms with Crippen LogP contribution in [0.25, 0.3) is 0 Å². The summed E-state index contributed by atoms with van der Waals surface area (Å²) < 4.78 is 24.3. The normalized spacial score (nSPS) is 14.1. The van der Waals surface area contributed by atoms with Crippen molar-refractivity contribution in [1.82, 2.24) is 4.98 Å². The minimum Gasteiger partial charge on any atom is -0.476 e. The van der Waals surface area contributed by atoms with E-state index in [1.165, 1.54) is 19.4 Å². The number of hydrogen-bond acceptors (Lipinski definition) is 4. The lowest BCUT2D eigenvalue weighted by Gasteiger charge is -2.25. The van der Waals surface area contributed by atoms with E-state index < -0.39 is 17.2 Å². The van der Waals surface area contributed by atoms with Gasteiger partial charge in [0.2, 0.25) is 0 Å². The number of halogens is 1. The molecule has 0 aromatic carbocycles. The van der Waals surface area contributed by atoms with Gasteiger partial charge in [-0.05, 0) is 26.3 Å². The van der Waals surface area contributed by atoms with Crippen LogP contribution in [-0.2, 0) is 4.74 Å². The molecule has 0 aliphatic rings. The second-order valence-corrected chi connectivity index (χ2v) is 4.03. The fraction of sp³-hybridized carbons (Fsp3) is 0.538. The molecule has 0 N–H and O–H groups in total. The fourth-order valence-electron chi connectivity index (χ4n) is 1.52. The summed E-state index contributed by atoms with van der Waals surface area (Å²) in [6.07, 6.45) is 1.81. The number of methoxy groups -OCH3 is 1. The number of ether oxygens (including phenoxy) is 2. The van der Waals surface area contributed by atoms with E-state index in [0.717, 1.165) is 0 Å². The van der Waals surface area contributed by atoms with Crippen LogP contribution >= 0.6 is 0 Å². The molecule has 0 bridgehead atoms. The van der Waals surface area contributed by atoms with Gasteiger partial charge in [0.1, 0.15) is 5.60 Å². The lowest BCUT2D eigenvalue weighted by atomic mass is 9.92. The Morgan fingerprint density at radius 3 is 2.67 bits per heavy atom. The number of hydrogen-bond donors (Lipinski definition) is 0. The summed E-state index contributed by atoms with van der Waals surface area (Å²) in [4.78, 5) is 16.0. The number of ketones is 1. The number of aromatic nitrogens is 1. The maximum absolute atomic E-state index is 14.0. The largest absolute Gasteiger partial charge is 0.476 e. The third-order valence-electron chi connectivity index (χ3n) is 2.99. The molecule has 0 aliphatic carbocycles. The quantitative estimate of drug-likeness (QED) is 0.733. The highest BCUT2D eigenvalue weighted by Gasteiger charge is 2.34. The summed E-state index contributed by atoms with van der Waals surface area (Å²) in [7, 11) is 1.43. The Kier molecular flexibility index (Phi) is 4.78. The van der Waals surface area contributed by atoms with Crippen LogP contribution in [0.15, 0.2) is 12.3 Å². The number of Topliss-reactive ketones (excluding diaryl/α,β-unsaturated/α-hetero) is 1. The SMILES string of the molecule is CCOc1nccc(C(=O)C(C)(CC)OC)c1F. The fourth-order valence-corrected chi connectivity index (χ4v) is 1.52. The van der Waals surface area contributed by atoms with E-state index >= 15 is 0 Å². The monoisotopic (exact) mass is 255 g/mol. The van der Waals surface area contributed by atoms with Crippen LogP contribution in [0.3, 0.4) is 0 Å². The molecular weight excluding hydrogens is 237 g/mol. The Hall–Kier alpha value is -1.49. The van der Waals surface area contributed by atoms with E-state index in [0.29, 0.717) is 6.42 Å². The molecule has 100 valence electrons. The smallest absolute Gasteiger partial charge is 0.251 e. The third-order valence-corrected chi connectivity index (χ3v) is 2.99. The molecule has 1 heterocycles. The van der Waals surface area contributed by atoms with Gasteiger partial charge in [0.25, 0.3) is 5.88 Å². The van der Waals surface area contributed by atoms with Gasteiger partial charge in [0, 0.05) is 13.3 Å². The van der Waals surface area contributed by atoms with Gasteiger partial charge in [-0.25, -0.2) is 9.37 Å². The standard InChI is InChI=1S/C13H18FNO3/c1-5-13(3,17-4)11(16)9-7-8-15-12(10(9)14)18-6-2/h7-8H,5-6H2,1-4H3. The van der Waals surface area contributed by atoms with E-state index in [-0.39, 0.29) is 18.1 Å². The summed E-state index contributed by atoms with van der Waals surface area (Å²) in [6.45, 7) is 5.46. The van der Waals surface area contributed by atoms with Crippen molar-refractivity contribution in [3.05, 3.63) is 23.6 Å². The maximum atomic E-state index is 14.0. The Morgan fingerprint density at radius 1 is 1.50 bits per heavy atom. The van der Waals surface area contributed by atoms with Crippen molar-refractivity contribution in [2.75, 3.05) is 13.7 Å². The zero-order valence-electron chi connectivity index (χ0n) is 11.1. The number of carbonyl (C=O) groups excluding carboxylic acids is 1. The molecule has 1 aromatic rings. The molecule has 18 heavy (non-hydrogen) atoms. The van der Waals surface area contributed by atoms with Gasteiger partial charge in [-0.1, -0.05) is 6.92 Å². The summed E-state index contributed by atoms with van der Waals surface area (Å²) >= 11 is 0. The zero-order chi connectivity index (χ0) is 13.8. The lowest BCUT2D eigenvalue weighted by molar-refractivity contribution is 0.0102. The summed E-state index contributed by atoms with van der Waals surface area (Å²) in [5.41, 5.74) is -1.09. The summed E-state index contributed by atoms with van der Waals surface area (Å²) in [5, 5.41) is 0. The summed E-state index contributed by atoms with van der Waals surface area (Å²) in [5.74, 6) is -1.30. The molecular formula is C13H18FNO3. The Bertz CT molecular complexity index is 430. The van der Waals surface area contributed by atoms with E-state index in [9.17, 15) is 9.18 Å². The molecule has 1 atom stereocenters.